The molecule has 92 valence electrons. The van der Waals surface area contributed by atoms with E-state index in [0.29, 0.717) is 0 Å². The van der Waals surface area contributed by atoms with Crippen molar-refractivity contribution in [2.24, 2.45) is 0 Å². The van der Waals surface area contributed by atoms with Gasteiger partial charge in [0, 0.05) is 25.2 Å². The van der Waals surface area contributed by atoms with E-state index in [1.54, 1.807) is 6.07 Å². The Morgan fingerprint density at radius 2 is 2.12 bits per heavy atom. The van der Waals surface area contributed by atoms with Gasteiger partial charge in [-0.15, -0.1) is 0 Å². The van der Waals surface area contributed by atoms with Crippen LogP contribution in [0.4, 0.5) is 10.1 Å². The predicted octanol–water partition coefficient (Wildman–Crippen LogP) is 2.40. The summed E-state index contributed by atoms with van der Waals surface area (Å²) in [5, 5.41) is 8.94. The molecule has 1 aliphatic rings. The molecule has 0 bridgehead atoms. The van der Waals surface area contributed by atoms with E-state index >= 15 is 0 Å². The number of hydrogen-bond donors (Lipinski definition) is 1. The van der Waals surface area contributed by atoms with Crippen molar-refractivity contribution in [2.45, 2.75) is 24.7 Å². The summed E-state index contributed by atoms with van der Waals surface area (Å²) in [5.74, 6) is -1.13. The highest BCUT2D eigenvalue weighted by Gasteiger charge is 2.47. The van der Waals surface area contributed by atoms with Crippen molar-refractivity contribution in [3.8, 4) is 0 Å². The van der Waals surface area contributed by atoms with E-state index < -0.39 is 5.97 Å². The highest BCUT2D eigenvalue weighted by Crippen LogP contribution is 2.53. The molecule has 0 heterocycles. The Morgan fingerprint density at radius 1 is 1.47 bits per heavy atom. The molecule has 0 radical (unpaired) electrons. The number of hydrogen-bond acceptors (Lipinski definition) is 2. The molecule has 1 aliphatic carbocycles. The second-order valence-electron chi connectivity index (χ2n) is 4.91. The molecule has 2 rings (SSSR count). The molecule has 1 aromatic carbocycles. The summed E-state index contributed by atoms with van der Waals surface area (Å²) in [6.07, 6.45) is 1.73. The molecule has 0 saturated heterocycles. The monoisotopic (exact) mass is 237 g/mol. The highest BCUT2D eigenvalue weighted by molar-refractivity contribution is 5.72. The largest absolute Gasteiger partial charge is 0.481 e. The molecule has 1 N–H and O–H groups in total. The van der Waals surface area contributed by atoms with Gasteiger partial charge in [0.1, 0.15) is 5.82 Å². The lowest BCUT2D eigenvalue weighted by Crippen LogP contribution is -2.19. The van der Waals surface area contributed by atoms with Gasteiger partial charge in [0.05, 0.1) is 6.42 Å². The Hall–Kier alpha value is -1.58. The molecule has 3 nitrogen and oxygen atoms in total. The maximum absolute atomic E-state index is 13.3. The van der Waals surface area contributed by atoms with E-state index in [1.807, 2.05) is 19.0 Å². The summed E-state index contributed by atoms with van der Waals surface area (Å²) in [6.45, 7) is 0. The molecule has 1 fully saturated rings. The van der Waals surface area contributed by atoms with Gasteiger partial charge in [-0.05, 0) is 36.6 Å². The number of carboxylic acid groups (broad SMARTS) is 1. The Balaban J connectivity index is 2.43. The first-order valence-corrected chi connectivity index (χ1v) is 5.64. The number of halogens is 1. The van der Waals surface area contributed by atoms with Crippen LogP contribution in [0.3, 0.4) is 0 Å². The lowest BCUT2D eigenvalue weighted by Gasteiger charge is -2.23. The Bertz CT molecular complexity index is 453. The fourth-order valence-corrected chi connectivity index (χ4v) is 2.30. The zero-order valence-electron chi connectivity index (χ0n) is 10.0. The smallest absolute Gasteiger partial charge is 0.304 e. The molecule has 0 amide bonds. The van der Waals surface area contributed by atoms with Crippen molar-refractivity contribution < 1.29 is 14.3 Å². The van der Waals surface area contributed by atoms with Crippen LogP contribution in [0.5, 0.6) is 0 Å². The molecule has 1 aromatic rings. The number of carboxylic acids is 1. The van der Waals surface area contributed by atoms with Crippen molar-refractivity contribution >= 4 is 11.7 Å². The SMILES string of the molecule is CN(C)c1ccc(F)cc1C1(CC(=O)O)CC1. The van der Waals surface area contributed by atoms with Crippen LogP contribution in [0, 0.1) is 5.82 Å². The number of rotatable bonds is 4. The standard InChI is InChI=1S/C13H16FNO2/c1-15(2)11-4-3-9(14)7-10(11)13(5-6-13)8-12(16)17/h3-4,7H,5-6,8H2,1-2H3,(H,16,17). The van der Waals surface area contributed by atoms with Gasteiger partial charge < -0.3 is 10.0 Å². The molecule has 0 spiro atoms. The van der Waals surface area contributed by atoms with Crippen LogP contribution >= 0.6 is 0 Å². The van der Waals surface area contributed by atoms with E-state index in [0.717, 1.165) is 24.1 Å². The van der Waals surface area contributed by atoms with Gasteiger partial charge in [-0.3, -0.25) is 4.79 Å². The van der Waals surface area contributed by atoms with Gasteiger partial charge in [-0.1, -0.05) is 0 Å². The fourth-order valence-electron chi connectivity index (χ4n) is 2.30. The van der Waals surface area contributed by atoms with Gasteiger partial charge in [0.2, 0.25) is 0 Å². The predicted molar refractivity (Wildman–Crippen MR) is 63.9 cm³/mol. The topological polar surface area (TPSA) is 40.5 Å². The average Bonchev–Trinajstić information content (AvgIpc) is 2.97. The fraction of sp³-hybridized carbons (Fsp3) is 0.462. The number of nitrogens with zero attached hydrogens (tertiary/aromatic N) is 1. The van der Waals surface area contributed by atoms with E-state index in [4.69, 9.17) is 5.11 Å². The summed E-state index contributed by atoms with van der Waals surface area (Å²) in [4.78, 5) is 12.8. The molecule has 0 atom stereocenters. The van der Waals surface area contributed by atoms with Crippen LogP contribution < -0.4 is 4.90 Å². The summed E-state index contributed by atoms with van der Waals surface area (Å²) < 4.78 is 13.3. The third-order valence-electron chi connectivity index (χ3n) is 3.35. The van der Waals surface area contributed by atoms with Crippen molar-refractivity contribution in [1.82, 2.24) is 0 Å². The minimum Gasteiger partial charge on any atom is -0.481 e. The quantitative estimate of drug-likeness (QED) is 0.874. The number of aliphatic carboxylic acids is 1. The Labute approximate surface area is 99.9 Å². The summed E-state index contributed by atoms with van der Waals surface area (Å²) in [6, 6.07) is 4.60. The second-order valence-corrected chi connectivity index (χ2v) is 4.91. The van der Waals surface area contributed by atoms with Crippen molar-refractivity contribution in [3.63, 3.8) is 0 Å². The summed E-state index contributed by atoms with van der Waals surface area (Å²) in [7, 11) is 3.77. The zero-order valence-corrected chi connectivity index (χ0v) is 10.0. The molecule has 0 aromatic heterocycles. The molecule has 0 aliphatic heterocycles. The van der Waals surface area contributed by atoms with E-state index in [2.05, 4.69) is 0 Å². The van der Waals surface area contributed by atoms with Gasteiger partial charge in [-0.2, -0.15) is 0 Å². The molecule has 0 unspecified atom stereocenters. The normalized spacial score (nSPS) is 16.6. The van der Waals surface area contributed by atoms with Crippen molar-refractivity contribution in [3.05, 3.63) is 29.6 Å². The van der Waals surface area contributed by atoms with Crippen LogP contribution in [0.2, 0.25) is 0 Å². The third-order valence-corrected chi connectivity index (χ3v) is 3.35. The number of carbonyl (C=O) groups is 1. The summed E-state index contributed by atoms with van der Waals surface area (Å²) >= 11 is 0. The van der Waals surface area contributed by atoms with Gasteiger partial charge in [0.15, 0.2) is 0 Å². The van der Waals surface area contributed by atoms with E-state index in [1.165, 1.54) is 12.1 Å². The van der Waals surface area contributed by atoms with Crippen LogP contribution in [0.1, 0.15) is 24.8 Å². The minimum atomic E-state index is -0.823. The summed E-state index contributed by atoms with van der Waals surface area (Å²) in [5.41, 5.74) is 1.38. The maximum Gasteiger partial charge on any atom is 0.304 e. The third kappa shape index (κ3) is 2.25. The lowest BCUT2D eigenvalue weighted by molar-refractivity contribution is -0.137. The molecule has 1 saturated carbocycles. The van der Waals surface area contributed by atoms with Crippen LogP contribution in [0.25, 0.3) is 0 Å². The van der Waals surface area contributed by atoms with Gasteiger partial charge >= 0.3 is 5.97 Å². The Kier molecular flexibility index (Phi) is 2.81. The number of benzene rings is 1. The first kappa shape index (κ1) is 11.9. The second kappa shape index (κ2) is 4.02. The molecule has 4 heteroatoms. The Morgan fingerprint density at radius 3 is 2.59 bits per heavy atom. The van der Waals surface area contributed by atoms with Crippen LogP contribution in [-0.4, -0.2) is 25.2 Å². The average molecular weight is 237 g/mol. The first-order chi connectivity index (χ1) is 7.94. The first-order valence-electron chi connectivity index (χ1n) is 5.64. The van der Waals surface area contributed by atoms with Crippen LogP contribution in [-0.2, 0) is 10.2 Å². The van der Waals surface area contributed by atoms with Crippen LogP contribution in [0.15, 0.2) is 18.2 Å². The van der Waals surface area contributed by atoms with E-state index in [-0.39, 0.29) is 17.7 Å². The molecular formula is C13H16FNO2. The molecule has 17 heavy (non-hydrogen) atoms. The molecular weight excluding hydrogens is 221 g/mol. The van der Waals surface area contributed by atoms with Crippen molar-refractivity contribution in [2.75, 3.05) is 19.0 Å². The lowest BCUT2D eigenvalue weighted by atomic mass is 9.90. The highest BCUT2D eigenvalue weighted by atomic mass is 19.1. The number of anilines is 1. The van der Waals surface area contributed by atoms with Gasteiger partial charge in [-0.25, -0.2) is 4.39 Å². The zero-order chi connectivity index (χ0) is 12.6. The van der Waals surface area contributed by atoms with Crippen molar-refractivity contribution in [1.29, 1.82) is 0 Å². The van der Waals surface area contributed by atoms with Gasteiger partial charge in [0.25, 0.3) is 0 Å². The minimum absolute atomic E-state index is 0.0806. The van der Waals surface area contributed by atoms with E-state index in [9.17, 15) is 9.18 Å². The maximum atomic E-state index is 13.3.